The van der Waals surface area contributed by atoms with Crippen LogP contribution in [0.5, 0.6) is 0 Å². The van der Waals surface area contributed by atoms with E-state index in [9.17, 15) is 9.18 Å². The summed E-state index contributed by atoms with van der Waals surface area (Å²) in [5.74, 6) is -1.91. The number of esters is 1. The molecule has 0 radical (unpaired) electrons. The fourth-order valence-corrected chi connectivity index (χ4v) is 0.549. The molecule has 1 rings (SSSR count). The van der Waals surface area contributed by atoms with E-state index in [4.69, 9.17) is 5.11 Å². The van der Waals surface area contributed by atoms with Crippen molar-refractivity contribution in [3.05, 3.63) is 11.9 Å². The molecule has 0 fully saturated rings. The average molecular weight is 132 g/mol. The molecule has 0 aromatic rings. The zero-order chi connectivity index (χ0) is 6.85. The molecule has 0 unspecified atom stereocenters. The molecule has 0 spiro atoms. The fourth-order valence-electron chi connectivity index (χ4n) is 0.549. The van der Waals surface area contributed by atoms with Crippen LogP contribution in [0.1, 0.15) is 0 Å². The van der Waals surface area contributed by atoms with Gasteiger partial charge in [-0.25, -0.2) is 4.79 Å². The molecule has 1 N–H and O–H groups in total. The van der Waals surface area contributed by atoms with Crippen molar-refractivity contribution in [1.29, 1.82) is 0 Å². The van der Waals surface area contributed by atoms with Gasteiger partial charge in [0, 0.05) is 6.08 Å². The summed E-state index contributed by atoms with van der Waals surface area (Å²) in [5, 5.41) is 8.31. The third-order valence-corrected chi connectivity index (χ3v) is 0.966. The smallest absolute Gasteiger partial charge is 0.367 e. The molecule has 3 nitrogen and oxygen atoms in total. The van der Waals surface area contributed by atoms with E-state index in [-0.39, 0.29) is 6.61 Å². The third-order valence-electron chi connectivity index (χ3n) is 0.966. The Bertz CT molecular complexity index is 164. The number of carbonyl (C=O) groups excluding carboxylic acids is 1. The molecule has 1 atom stereocenters. The molecule has 0 aromatic carbocycles. The number of cyclic esters (lactones) is 1. The Kier molecular flexibility index (Phi) is 1.48. The van der Waals surface area contributed by atoms with Crippen molar-refractivity contribution in [2.24, 2.45) is 0 Å². The van der Waals surface area contributed by atoms with Gasteiger partial charge < -0.3 is 9.84 Å². The summed E-state index contributed by atoms with van der Waals surface area (Å²) >= 11 is 0. The second kappa shape index (κ2) is 2.14. The Hall–Kier alpha value is -0.900. The van der Waals surface area contributed by atoms with E-state index < -0.39 is 17.9 Å². The molecule has 1 aliphatic heterocycles. The first-order valence-corrected chi connectivity index (χ1v) is 2.43. The zero-order valence-electron chi connectivity index (χ0n) is 4.50. The fraction of sp³-hybridized carbons (Fsp3) is 0.400. The van der Waals surface area contributed by atoms with Crippen molar-refractivity contribution in [1.82, 2.24) is 0 Å². The van der Waals surface area contributed by atoms with Crippen LogP contribution in [0.25, 0.3) is 0 Å². The van der Waals surface area contributed by atoms with Gasteiger partial charge in [0.25, 0.3) is 0 Å². The molecule has 4 heteroatoms. The molecular formula is C5H5FO3. The first kappa shape index (κ1) is 6.22. The topological polar surface area (TPSA) is 46.5 Å². The van der Waals surface area contributed by atoms with E-state index >= 15 is 0 Å². The van der Waals surface area contributed by atoms with E-state index in [1.165, 1.54) is 0 Å². The van der Waals surface area contributed by atoms with Crippen molar-refractivity contribution in [3.8, 4) is 0 Å². The van der Waals surface area contributed by atoms with Crippen molar-refractivity contribution in [2.75, 3.05) is 6.61 Å². The van der Waals surface area contributed by atoms with Crippen LogP contribution >= 0.6 is 0 Å². The first-order chi connectivity index (χ1) is 4.24. The van der Waals surface area contributed by atoms with Crippen LogP contribution in [0.15, 0.2) is 11.9 Å². The molecule has 0 saturated carbocycles. The van der Waals surface area contributed by atoms with Crippen LogP contribution < -0.4 is 0 Å². The van der Waals surface area contributed by atoms with E-state index in [0.717, 1.165) is 6.08 Å². The maximum absolute atomic E-state index is 12.0. The van der Waals surface area contributed by atoms with Gasteiger partial charge in [-0.3, -0.25) is 0 Å². The van der Waals surface area contributed by atoms with Gasteiger partial charge in [-0.15, -0.1) is 0 Å². The number of carbonyl (C=O) groups is 1. The minimum absolute atomic E-state index is 0.362. The van der Waals surface area contributed by atoms with Gasteiger partial charge in [0.15, 0.2) is 0 Å². The number of halogens is 1. The quantitative estimate of drug-likeness (QED) is 0.501. The second-order valence-electron chi connectivity index (χ2n) is 1.64. The van der Waals surface area contributed by atoms with Crippen LogP contribution in [-0.4, -0.2) is 23.8 Å². The molecule has 50 valence electrons. The third kappa shape index (κ3) is 1.08. The van der Waals surface area contributed by atoms with Gasteiger partial charge in [-0.2, -0.15) is 4.39 Å². The number of ether oxygens (including phenoxy) is 1. The van der Waals surface area contributed by atoms with E-state index in [2.05, 4.69) is 4.74 Å². The maximum Gasteiger partial charge on any atom is 0.367 e. The second-order valence-corrected chi connectivity index (χ2v) is 1.64. The Labute approximate surface area is 50.7 Å². The highest BCUT2D eigenvalue weighted by Gasteiger charge is 2.24. The number of hydrogen-bond acceptors (Lipinski definition) is 3. The molecule has 1 heterocycles. The van der Waals surface area contributed by atoms with Crippen LogP contribution in [0.3, 0.4) is 0 Å². The summed E-state index contributed by atoms with van der Waals surface area (Å²) in [6.07, 6.45) is 0.167. The summed E-state index contributed by atoms with van der Waals surface area (Å²) in [5.41, 5.74) is 0. The van der Waals surface area contributed by atoms with Crippen LogP contribution in [0, 0.1) is 0 Å². The monoisotopic (exact) mass is 132 g/mol. The summed E-state index contributed by atoms with van der Waals surface area (Å²) in [7, 11) is 0. The van der Waals surface area contributed by atoms with Crippen LogP contribution in [-0.2, 0) is 9.53 Å². The summed E-state index contributed by atoms with van der Waals surface area (Å²) in [6.45, 7) is -0.362. The molecule has 0 bridgehead atoms. The van der Waals surface area contributed by atoms with E-state index in [0.29, 0.717) is 0 Å². The van der Waals surface area contributed by atoms with Crippen molar-refractivity contribution < 1.29 is 19.0 Å². The highest BCUT2D eigenvalue weighted by Crippen LogP contribution is 2.13. The molecule has 1 aliphatic rings. The van der Waals surface area contributed by atoms with Crippen molar-refractivity contribution in [3.63, 3.8) is 0 Å². The molecule has 9 heavy (non-hydrogen) atoms. The summed E-state index contributed by atoms with van der Waals surface area (Å²) in [4.78, 5) is 10.2. The summed E-state index contributed by atoms with van der Waals surface area (Å²) < 4.78 is 16.3. The van der Waals surface area contributed by atoms with Gasteiger partial charge in [0.1, 0.15) is 6.10 Å². The maximum atomic E-state index is 12.0. The van der Waals surface area contributed by atoms with Crippen molar-refractivity contribution in [2.45, 2.75) is 6.10 Å². The average Bonchev–Trinajstić information content (AvgIpc) is 2.13. The standard InChI is InChI=1S/C5H5FO3/c6-4-1-3(2-7)9-5(4)8/h1,3,7H,2H2/t3-/m0/s1. The largest absolute Gasteiger partial charge is 0.450 e. The summed E-state index contributed by atoms with van der Waals surface area (Å²) in [6, 6.07) is 0. The molecule has 0 aromatic heterocycles. The Morgan fingerprint density at radius 3 is 2.78 bits per heavy atom. The predicted molar refractivity (Wildman–Crippen MR) is 26.2 cm³/mol. The molecular weight excluding hydrogens is 127 g/mol. The normalized spacial score (nSPS) is 25.8. The van der Waals surface area contributed by atoms with Gasteiger partial charge in [0.05, 0.1) is 6.61 Å². The van der Waals surface area contributed by atoms with E-state index in [1.807, 2.05) is 0 Å². The lowest BCUT2D eigenvalue weighted by Gasteiger charge is -1.99. The van der Waals surface area contributed by atoms with Gasteiger partial charge in [-0.1, -0.05) is 0 Å². The highest BCUT2D eigenvalue weighted by atomic mass is 19.1. The highest BCUT2D eigenvalue weighted by molar-refractivity contribution is 5.88. The van der Waals surface area contributed by atoms with Crippen molar-refractivity contribution >= 4 is 5.97 Å². The Morgan fingerprint density at radius 2 is 2.56 bits per heavy atom. The lowest BCUT2D eigenvalue weighted by Crippen LogP contribution is -2.11. The number of aliphatic hydroxyl groups excluding tert-OH is 1. The molecule has 0 aliphatic carbocycles. The Balaban J connectivity index is 2.62. The van der Waals surface area contributed by atoms with Crippen LogP contribution in [0.4, 0.5) is 4.39 Å². The number of aliphatic hydroxyl groups is 1. The van der Waals surface area contributed by atoms with Gasteiger partial charge in [-0.05, 0) is 0 Å². The van der Waals surface area contributed by atoms with Gasteiger partial charge in [0.2, 0.25) is 5.83 Å². The van der Waals surface area contributed by atoms with Gasteiger partial charge >= 0.3 is 5.97 Å². The molecule has 0 amide bonds. The SMILES string of the molecule is O=C1O[C@H](CO)C=C1F. The lowest BCUT2D eigenvalue weighted by molar-refractivity contribution is -0.142. The lowest BCUT2D eigenvalue weighted by atomic mass is 10.4. The predicted octanol–water partition coefficient (Wildman–Crippen LogP) is -0.242. The Morgan fingerprint density at radius 1 is 1.89 bits per heavy atom. The number of hydrogen-bond donors (Lipinski definition) is 1. The molecule has 0 saturated heterocycles. The zero-order valence-corrected chi connectivity index (χ0v) is 4.50. The number of rotatable bonds is 1. The minimum atomic E-state index is -0.992. The van der Waals surface area contributed by atoms with E-state index in [1.54, 1.807) is 0 Å². The minimum Gasteiger partial charge on any atom is -0.450 e. The van der Waals surface area contributed by atoms with Crippen LogP contribution in [0.2, 0.25) is 0 Å². The first-order valence-electron chi connectivity index (χ1n) is 2.43.